The maximum Gasteiger partial charge on any atom is 0.239 e. The number of nitrogen functional groups attached to an aromatic ring is 1. The first kappa shape index (κ1) is 13.0. The van der Waals surface area contributed by atoms with E-state index in [-0.39, 0.29) is 11.6 Å². The van der Waals surface area contributed by atoms with Crippen LogP contribution < -0.4 is 15.8 Å². The second kappa shape index (κ2) is 5.04. The van der Waals surface area contributed by atoms with Gasteiger partial charge in [-0.15, -0.1) is 0 Å². The Labute approximate surface area is 109 Å². The number of hydrogen-bond donors (Lipinski definition) is 2. The van der Waals surface area contributed by atoms with Gasteiger partial charge in [0.25, 0.3) is 0 Å². The third-order valence-corrected chi connectivity index (χ3v) is 3.62. The van der Waals surface area contributed by atoms with Crippen LogP contribution in [0.3, 0.4) is 0 Å². The number of rotatable bonds is 5. The molecule has 4 heteroatoms. The minimum atomic E-state index is 0.0823. The minimum absolute atomic E-state index is 0.0823. The summed E-state index contributed by atoms with van der Waals surface area (Å²) in [5.41, 5.74) is 6.69. The number of nitrogens with zero attached hydrogens (tertiary/aromatic N) is 1. The van der Waals surface area contributed by atoms with E-state index in [0.717, 1.165) is 12.2 Å². The molecule has 1 fully saturated rings. The molecule has 0 amide bonds. The summed E-state index contributed by atoms with van der Waals surface area (Å²) in [6.45, 7) is 6.16. The highest BCUT2D eigenvalue weighted by Gasteiger charge is 2.35. The van der Waals surface area contributed by atoms with Crippen molar-refractivity contribution in [2.45, 2.75) is 58.1 Å². The van der Waals surface area contributed by atoms with E-state index in [0.29, 0.717) is 11.6 Å². The van der Waals surface area contributed by atoms with E-state index < -0.39 is 0 Å². The predicted molar refractivity (Wildman–Crippen MR) is 74.9 cm³/mol. The number of hydrogen-bond acceptors (Lipinski definition) is 4. The molecule has 0 saturated heterocycles. The number of nitrogens with two attached hydrogens (primary N) is 1. The van der Waals surface area contributed by atoms with E-state index in [1.165, 1.54) is 19.3 Å². The van der Waals surface area contributed by atoms with Crippen molar-refractivity contribution < 1.29 is 4.74 Å². The molecule has 100 valence electrons. The number of aromatic nitrogens is 1. The summed E-state index contributed by atoms with van der Waals surface area (Å²) in [7, 11) is 0. The second-order valence-corrected chi connectivity index (χ2v) is 5.37. The molecule has 1 aromatic rings. The number of anilines is 2. The first-order valence-corrected chi connectivity index (χ1v) is 6.76. The van der Waals surface area contributed by atoms with Gasteiger partial charge in [0.1, 0.15) is 5.82 Å². The normalized spacial score (nSPS) is 17.3. The average molecular weight is 249 g/mol. The van der Waals surface area contributed by atoms with E-state index >= 15 is 0 Å². The first-order valence-electron chi connectivity index (χ1n) is 6.76. The van der Waals surface area contributed by atoms with Crippen LogP contribution in [-0.4, -0.2) is 16.6 Å². The molecule has 4 nitrogen and oxygen atoms in total. The highest BCUT2D eigenvalue weighted by Crippen LogP contribution is 2.38. The zero-order valence-corrected chi connectivity index (χ0v) is 11.5. The van der Waals surface area contributed by atoms with E-state index in [1.807, 2.05) is 26.0 Å². The smallest absolute Gasteiger partial charge is 0.239 e. The van der Waals surface area contributed by atoms with Crippen molar-refractivity contribution in [3.8, 4) is 5.88 Å². The lowest BCUT2D eigenvalue weighted by Gasteiger charge is -2.42. The molecular weight excluding hydrogens is 226 g/mol. The number of nitrogens with one attached hydrogen (secondary N) is 1. The quantitative estimate of drug-likeness (QED) is 0.841. The van der Waals surface area contributed by atoms with Crippen molar-refractivity contribution >= 4 is 11.5 Å². The van der Waals surface area contributed by atoms with Crippen LogP contribution in [0, 0.1) is 0 Å². The molecule has 0 atom stereocenters. The lowest BCUT2D eigenvalue weighted by Crippen LogP contribution is -2.44. The Morgan fingerprint density at radius 3 is 2.67 bits per heavy atom. The molecule has 0 aromatic carbocycles. The Hall–Kier alpha value is -1.45. The van der Waals surface area contributed by atoms with Crippen molar-refractivity contribution in [1.82, 2.24) is 4.98 Å². The zero-order chi connectivity index (χ0) is 13.2. The van der Waals surface area contributed by atoms with E-state index in [2.05, 4.69) is 17.2 Å². The molecule has 1 aliphatic carbocycles. The largest absolute Gasteiger partial charge is 0.473 e. The minimum Gasteiger partial charge on any atom is -0.473 e. The lowest BCUT2D eigenvalue weighted by molar-refractivity contribution is 0.233. The topological polar surface area (TPSA) is 60.2 Å². The third kappa shape index (κ3) is 2.68. The third-order valence-electron chi connectivity index (χ3n) is 3.62. The molecule has 0 radical (unpaired) electrons. The highest BCUT2D eigenvalue weighted by atomic mass is 16.5. The fourth-order valence-electron chi connectivity index (χ4n) is 2.28. The van der Waals surface area contributed by atoms with Gasteiger partial charge in [0.05, 0.1) is 11.8 Å². The van der Waals surface area contributed by atoms with Gasteiger partial charge in [-0.3, -0.25) is 0 Å². The van der Waals surface area contributed by atoms with Crippen molar-refractivity contribution in [3.05, 3.63) is 12.1 Å². The maximum atomic E-state index is 5.87. The van der Waals surface area contributed by atoms with Crippen molar-refractivity contribution in [2.75, 3.05) is 11.1 Å². The molecular formula is C14H23N3O. The standard InChI is InChI=1S/C14H23N3O/c1-4-14(8-5-9-14)17-12-7-6-11(15)13(16-12)18-10(2)3/h6-7,10H,4-5,8-9,15H2,1-3H3,(H,16,17). The summed E-state index contributed by atoms with van der Waals surface area (Å²) in [5, 5.41) is 3.54. The monoisotopic (exact) mass is 249 g/mol. The van der Waals surface area contributed by atoms with Crippen LogP contribution in [0.2, 0.25) is 0 Å². The lowest BCUT2D eigenvalue weighted by atomic mass is 9.75. The van der Waals surface area contributed by atoms with Crippen molar-refractivity contribution in [1.29, 1.82) is 0 Å². The zero-order valence-electron chi connectivity index (χ0n) is 11.5. The van der Waals surface area contributed by atoms with Gasteiger partial charge in [0.2, 0.25) is 5.88 Å². The van der Waals surface area contributed by atoms with Crippen molar-refractivity contribution in [3.63, 3.8) is 0 Å². The SMILES string of the molecule is CCC1(Nc2ccc(N)c(OC(C)C)n2)CCC1. The van der Waals surface area contributed by atoms with Crippen molar-refractivity contribution in [2.24, 2.45) is 0 Å². The first-order chi connectivity index (χ1) is 8.54. The Morgan fingerprint density at radius 2 is 2.17 bits per heavy atom. The summed E-state index contributed by atoms with van der Waals surface area (Å²) < 4.78 is 5.61. The Bertz CT molecular complexity index is 408. The molecule has 1 saturated carbocycles. The van der Waals surface area contributed by atoms with Crippen LogP contribution in [0.15, 0.2) is 12.1 Å². The van der Waals surface area contributed by atoms with Crippen LogP contribution in [0.1, 0.15) is 46.5 Å². The Kier molecular flexibility index (Phi) is 3.64. The van der Waals surface area contributed by atoms with Gasteiger partial charge in [-0.1, -0.05) is 6.92 Å². The van der Waals surface area contributed by atoms with Crippen LogP contribution in [0.25, 0.3) is 0 Å². The molecule has 3 N–H and O–H groups in total. The molecule has 18 heavy (non-hydrogen) atoms. The molecule has 0 unspecified atom stereocenters. The van der Waals surface area contributed by atoms with Crippen LogP contribution in [0.4, 0.5) is 11.5 Å². The average Bonchev–Trinajstić information content (AvgIpc) is 2.27. The second-order valence-electron chi connectivity index (χ2n) is 5.37. The fraction of sp³-hybridized carbons (Fsp3) is 0.643. The van der Waals surface area contributed by atoms with Gasteiger partial charge in [-0.25, -0.2) is 0 Å². The summed E-state index contributed by atoms with van der Waals surface area (Å²) in [4.78, 5) is 4.47. The predicted octanol–water partition coefficient (Wildman–Crippen LogP) is 3.20. The summed E-state index contributed by atoms with van der Waals surface area (Å²) in [6, 6.07) is 3.79. The van der Waals surface area contributed by atoms with Gasteiger partial charge in [-0.2, -0.15) is 4.98 Å². The van der Waals surface area contributed by atoms with Crippen LogP contribution in [0.5, 0.6) is 5.88 Å². The number of pyridine rings is 1. The van der Waals surface area contributed by atoms with Crippen LogP contribution in [-0.2, 0) is 0 Å². The van der Waals surface area contributed by atoms with Gasteiger partial charge in [0.15, 0.2) is 0 Å². The fourth-order valence-corrected chi connectivity index (χ4v) is 2.28. The molecule has 0 spiro atoms. The molecule has 1 aromatic heterocycles. The molecule has 1 heterocycles. The maximum absolute atomic E-state index is 5.87. The Balaban J connectivity index is 2.13. The van der Waals surface area contributed by atoms with Gasteiger partial charge < -0.3 is 15.8 Å². The van der Waals surface area contributed by atoms with Gasteiger partial charge in [-0.05, 0) is 51.7 Å². The number of ether oxygens (including phenoxy) is 1. The van der Waals surface area contributed by atoms with Gasteiger partial charge in [0, 0.05) is 5.54 Å². The highest BCUT2D eigenvalue weighted by molar-refractivity contribution is 5.54. The van der Waals surface area contributed by atoms with E-state index in [9.17, 15) is 0 Å². The summed E-state index contributed by atoms with van der Waals surface area (Å²) in [6.07, 6.45) is 4.94. The summed E-state index contributed by atoms with van der Waals surface area (Å²) >= 11 is 0. The molecule has 2 rings (SSSR count). The van der Waals surface area contributed by atoms with Gasteiger partial charge >= 0.3 is 0 Å². The van der Waals surface area contributed by atoms with E-state index in [4.69, 9.17) is 10.5 Å². The Morgan fingerprint density at radius 1 is 1.44 bits per heavy atom. The van der Waals surface area contributed by atoms with Crippen LogP contribution >= 0.6 is 0 Å². The molecule has 0 bridgehead atoms. The summed E-state index contributed by atoms with van der Waals surface area (Å²) in [5.74, 6) is 1.39. The molecule has 1 aliphatic rings. The molecule has 0 aliphatic heterocycles. The van der Waals surface area contributed by atoms with E-state index in [1.54, 1.807) is 0 Å².